The summed E-state index contributed by atoms with van der Waals surface area (Å²) in [5.41, 5.74) is 6.58. The smallest absolute Gasteiger partial charge is 0.126 e. The quantitative estimate of drug-likeness (QED) is 0.837. The minimum atomic E-state index is -0.218. The Bertz CT molecular complexity index is 339. The van der Waals surface area contributed by atoms with Crippen LogP contribution in [0.15, 0.2) is 18.2 Å². The van der Waals surface area contributed by atoms with E-state index in [9.17, 15) is 4.39 Å². The molecule has 0 heterocycles. The molecule has 0 aromatic heterocycles. The van der Waals surface area contributed by atoms with Crippen molar-refractivity contribution in [2.24, 2.45) is 11.7 Å². The Balaban J connectivity index is 2.55. The molecular formula is C13H19ClFN. The lowest BCUT2D eigenvalue weighted by Gasteiger charge is -2.13. The van der Waals surface area contributed by atoms with Gasteiger partial charge in [0.1, 0.15) is 5.82 Å². The van der Waals surface area contributed by atoms with Gasteiger partial charge in [-0.3, -0.25) is 0 Å². The minimum absolute atomic E-state index is 0.00960. The molecule has 16 heavy (non-hydrogen) atoms. The van der Waals surface area contributed by atoms with Gasteiger partial charge < -0.3 is 5.73 Å². The molecular weight excluding hydrogens is 225 g/mol. The van der Waals surface area contributed by atoms with Gasteiger partial charge in [0.15, 0.2) is 0 Å². The van der Waals surface area contributed by atoms with Crippen LogP contribution in [0.3, 0.4) is 0 Å². The van der Waals surface area contributed by atoms with E-state index in [1.54, 1.807) is 12.1 Å². The van der Waals surface area contributed by atoms with E-state index in [0.717, 1.165) is 12.8 Å². The van der Waals surface area contributed by atoms with E-state index in [0.29, 0.717) is 22.9 Å². The maximum absolute atomic E-state index is 13.4. The zero-order chi connectivity index (χ0) is 12.1. The molecule has 0 aliphatic heterocycles. The summed E-state index contributed by atoms with van der Waals surface area (Å²) in [5, 5.41) is 0.562. The van der Waals surface area contributed by atoms with E-state index >= 15 is 0 Å². The predicted octanol–water partition coefficient (Wildman–Crippen LogP) is 3.79. The number of hydrogen-bond donors (Lipinski definition) is 1. The average molecular weight is 244 g/mol. The van der Waals surface area contributed by atoms with Gasteiger partial charge >= 0.3 is 0 Å². The van der Waals surface area contributed by atoms with Crippen LogP contribution in [0, 0.1) is 11.7 Å². The summed E-state index contributed by atoms with van der Waals surface area (Å²) in [6.07, 6.45) is 2.55. The molecule has 0 saturated carbocycles. The normalized spacial score (nSPS) is 13.1. The third-order valence-electron chi connectivity index (χ3n) is 2.60. The average Bonchev–Trinajstić information content (AvgIpc) is 2.20. The van der Waals surface area contributed by atoms with Crippen molar-refractivity contribution in [1.29, 1.82) is 0 Å². The Labute approximate surface area is 102 Å². The molecule has 0 aliphatic carbocycles. The highest BCUT2D eigenvalue weighted by molar-refractivity contribution is 6.30. The number of hydrogen-bond acceptors (Lipinski definition) is 1. The molecule has 1 atom stereocenters. The molecule has 2 N–H and O–H groups in total. The van der Waals surface area contributed by atoms with Crippen molar-refractivity contribution >= 4 is 11.6 Å². The van der Waals surface area contributed by atoms with Crippen molar-refractivity contribution in [2.45, 2.75) is 39.2 Å². The molecule has 0 amide bonds. The summed E-state index contributed by atoms with van der Waals surface area (Å²) in [6.45, 7) is 4.32. The summed E-state index contributed by atoms with van der Waals surface area (Å²) in [7, 11) is 0. The fourth-order valence-electron chi connectivity index (χ4n) is 1.63. The maximum Gasteiger partial charge on any atom is 0.126 e. The van der Waals surface area contributed by atoms with Crippen LogP contribution in [0.1, 0.15) is 32.3 Å². The maximum atomic E-state index is 13.4. The van der Waals surface area contributed by atoms with Gasteiger partial charge in [-0.1, -0.05) is 25.4 Å². The van der Waals surface area contributed by atoms with Crippen molar-refractivity contribution in [1.82, 2.24) is 0 Å². The van der Waals surface area contributed by atoms with Crippen molar-refractivity contribution in [3.63, 3.8) is 0 Å². The van der Waals surface area contributed by atoms with Crippen molar-refractivity contribution in [3.8, 4) is 0 Å². The van der Waals surface area contributed by atoms with E-state index in [2.05, 4.69) is 13.8 Å². The van der Waals surface area contributed by atoms with Crippen LogP contribution < -0.4 is 5.73 Å². The molecule has 1 aromatic carbocycles. The van der Waals surface area contributed by atoms with Gasteiger partial charge in [-0.15, -0.1) is 0 Å². The van der Waals surface area contributed by atoms with Crippen molar-refractivity contribution < 1.29 is 4.39 Å². The molecule has 0 spiro atoms. The van der Waals surface area contributed by atoms with Crippen LogP contribution in [0.2, 0.25) is 5.02 Å². The highest BCUT2D eigenvalue weighted by Gasteiger charge is 2.09. The second kappa shape index (κ2) is 6.21. The van der Waals surface area contributed by atoms with Crippen molar-refractivity contribution in [2.75, 3.05) is 0 Å². The first-order valence-corrected chi connectivity index (χ1v) is 6.06. The summed E-state index contributed by atoms with van der Waals surface area (Å²) in [6, 6.07) is 4.62. The molecule has 0 radical (unpaired) electrons. The van der Waals surface area contributed by atoms with Gasteiger partial charge in [-0.25, -0.2) is 4.39 Å². The summed E-state index contributed by atoms with van der Waals surface area (Å²) >= 11 is 5.82. The number of nitrogens with two attached hydrogens (primary N) is 1. The molecule has 1 unspecified atom stereocenters. The molecule has 1 aromatic rings. The molecule has 3 heteroatoms. The highest BCUT2D eigenvalue weighted by Crippen LogP contribution is 2.17. The van der Waals surface area contributed by atoms with Crippen LogP contribution in [0.25, 0.3) is 0 Å². The number of rotatable bonds is 5. The van der Waals surface area contributed by atoms with Gasteiger partial charge in [-0.05, 0) is 48.9 Å². The zero-order valence-corrected chi connectivity index (χ0v) is 10.6. The molecule has 0 saturated heterocycles. The minimum Gasteiger partial charge on any atom is -0.327 e. The van der Waals surface area contributed by atoms with Crippen LogP contribution >= 0.6 is 11.6 Å². The standard InChI is InChI=1S/C13H19ClFN/c1-9(2)3-5-12(16)8-10-7-11(14)4-6-13(10)15/h4,6-7,9,12H,3,5,8,16H2,1-2H3. The number of benzene rings is 1. The zero-order valence-electron chi connectivity index (χ0n) is 9.84. The lowest BCUT2D eigenvalue weighted by Crippen LogP contribution is -2.23. The molecule has 1 nitrogen and oxygen atoms in total. The molecule has 0 fully saturated rings. The Morgan fingerprint density at radius 2 is 2.00 bits per heavy atom. The summed E-state index contributed by atoms with van der Waals surface area (Å²) in [4.78, 5) is 0. The van der Waals surface area contributed by atoms with E-state index in [1.807, 2.05) is 0 Å². The van der Waals surface area contributed by atoms with E-state index < -0.39 is 0 Å². The van der Waals surface area contributed by atoms with E-state index in [4.69, 9.17) is 17.3 Å². The van der Waals surface area contributed by atoms with Gasteiger partial charge in [0, 0.05) is 11.1 Å². The second-order valence-corrected chi connectivity index (χ2v) is 5.11. The van der Waals surface area contributed by atoms with Gasteiger partial charge in [0.25, 0.3) is 0 Å². The SMILES string of the molecule is CC(C)CCC(N)Cc1cc(Cl)ccc1F. The number of halogens is 2. The Morgan fingerprint density at radius 1 is 1.31 bits per heavy atom. The molecule has 0 aliphatic rings. The van der Waals surface area contributed by atoms with E-state index in [-0.39, 0.29) is 11.9 Å². The summed E-state index contributed by atoms with van der Waals surface area (Å²) < 4.78 is 13.4. The topological polar surface area (TPSA) is 26.0 Å². The van der Waals surface area contributed by atoms with Crippen LogP contribution in [-0.4, -0.2) is 6.04 Å². The van der Waals surface area contributed by atoms with Crippen LogP contribution in [0.4, 0.5) is 4.39 Å². The fourth-order valence-corrected chi connectivity index (χ4v) is 1.83. The Morgan fingerprint density at radius 3 is 2.62 bits per heavy atom. The van der Waals surface area contributed by atoms with E-state index in [1.165, 1.54) is 6.07 Å². The fraction of sp³-hybridized carbons (Fsp3) is 0.538. The third kappa shape index (κ3) is 4.50. The highest BCUT2D eigenvalue weighted by atomic mass is 35.5. The Hall–Kier alpha value is -0.600. The molecule has 0 bridgehead atoms. The van der Waals surface area contributed by atoms with Crippen LogP contribution in [-0.2, 0) is 6.42 Å². The van der Waals surface area contributed by atoms with Gasteiger partial charge in [0.05, 0.1) is 0 Å². The molecule has 1 rings (SSSR count). The summed E-state index contributed by atoms with van der Waals surface area (Å²) in [5.74, 6) is 0.416. The van der Waals surface area contributed by atoms with Crippen molar-refractivity contribution in [3.05, 3.63) is 34.6 Å². The first-order valence-electron chi connectivity index (χ1n) is 5.68. The lowest BCUT2D eigenvalue weighted by molar-refractivity contribution is 0.488. The largest absolute Gasteiger partial charge is 0.327 e. The first-order chi connectivity index (χ1) is 7.49. The molecule has 90 valence electrons. The second-order valence-electron chi connectivity index (χ2n) is 4.67. The van der Waals surface area contributed by atoms with Gasteiger partial charge in [0.2, 0.25) is 0 Å². The Kier molecular flexibility index (Phi) is 5.23. The van der Waals surface area contributed by atoms with Crippen LogP contribution in [0.5, 0.6) is 0 Å². The first kappa shape index (κ1) is 13.5. The lowest BCUT2D eigenvalue weighted by atomic mass is 9.98. The third-order valence-corrected chi connectivity index (χ3v) is 2.84. The monoisotopic (exact) mass is 243 g/mol. The van der Waals surface area contributed by atoms with Gasteiger partial charge in [-0.2, -0.15) is 0 Å². The predicted molar refractivity (Wildman–Crippen MR) is 67.2 cm³/mol.